The van der Waals surface area contributed by atoms with Crippen molar-refractivity contribution in [1.82, 2.24) is 4.98 Å². The highest BCUT2D eigenvalue weighted by atomic mass is 79.9. The standard InChI is InChI=1S/C9H7BrClF2N3O2/c10-7-5(11)1-6(16(17)18)8(15-7)14-4-2-9(12,13)3-4/h1,4H,2-3H2,(H,14,15). The van der Waals surface area contributed by atoms with E-state index < -0.39 is 16.9 Å². The molecule has 0 unspecified atom stereocenters. The first-order valence-corrected chi connectivity index (χ1v) is 6.10. The average Bonchev–Trinajstić information content (AvgIpc) is 2.20. The molecule has 1 aromatic heterocycles. The molecule has 5 nitrogen and oxygen atoms in total. The van der Waals surface area contributed by atoms with Gasteiger partial charge in [-0.1, -0.05) is 11.6 Å². The molecule has 98 valence electrons. The van der Waals surface area contributed by atoms with Crippen molar-refractivity contribution < 1.29 is 13.7 Å². The van der Waals surface area contributed by atoms with Crippen LogP contribution in [0.5, 0.6) is 0 Å². The lowest BCUT2D eigenvalue weighted by Crippen LogP contribution is -2.44. The van der Waals surface area contributed by atoms with Crippen LogP contribution < -0.4 is 5.32 Å². The molecule has 0 aromatic carbocycles. The molecule has 0 atom stereocenters. The second-order valence-electron chi connectivity index (χ2n) is 3.99. The Morgan fingerprint density at radius 2 is 2.22 bits per heavy atom. The summed E-state index contributed by atoms with van der Waals surface area (Å²) in [7, 11) is 0. The summed E-state index contributed by atoms with van der Waals surface area (Å²) in [6.45, 7) is 0. The predicted molar refractivity (Wildman–Crippen MR) is 65.2 cm³/mol. The van der Waals surface area contributed by atoms with Crippen LogP contribution in [0.25, 0.3) is 0 Å². The Morgan fingerprint density at radius 1 is 1.61 bits per heavy atom. The van der Waals surface area contributed by atoms with Crippen molar-refractivity contribution in [3.63, 3.8) is 0 Å². The zero-order valence-electron chi connectivity index (χ0n) is 8.79. The number of hydrogen-bond donors (Lipinski definition) is 1. The molecule has 18 heavy (non-hydrogen) atoms. The van der Waals surface area contributed by atoms with Crippen molar-refractivity contribution in [2.24, 2.45) is 0 Å². The molecular formula is C9H7BrClF2N3O2. The molecule has 1 aromatic rings. The van der Waals surface area contributed by atoms with Crippen LogP contribution in [0.1, 0.15) is 12.8 Å². The number of rotatable bonds is 3. The highest BCUT2D eigenvalue weighted by molar-refractivity contribution is 9.10. The van der Waals surface area contributed by atoms with Gasteiger partial charge >= 0.3 is 5.69 Å². The molecule has 0 spiro atoms. The highest BCUT2D eigenvalue weighted by Crippen LogP contribution is 2.40. The Bertz CT molecular complexity index is 507. The molecule has 1 aliphatic rings. The van der Waals surface area contributed by atoms with Crippen molar-refractivity contribution in [3.05, 3.63) is 25.8 Å². The van der Waals surface area contributed by atoms with E-state index in [1.165, 1.54) is 0 Å². The molecular weight excluding hydrogens is 335 g/mol. The van der Waals surface area contributed by atoms with Gasteiger partial charge < -0.3 is 5.32 Å². The van der Waals surface area contributed by atoms with Gasteiger partial charge in [0, 0.05) is 24.9 Å². The van der Waals surface area contributed by atoms with E-state index in [9.17, 15) is 18.9 Å². The fourth-order valence-electron chi connectivity index (χ4n) is 1.66. The Hall–Kier alpha value is -1.02. The summed E-state index contributed by atoms with van der Waals surface area (Å²) in [5.41, 5.74) is -0.335. The Kier molecular flexibility index (Phi) is 3.41. The first-order chi connectivity index (χ1) is 8.28. The molecule has 1 heterocycles. The van der Waals surface area contributed by atoms with Crippen molar-refractivity contribution in [1.29, 1.82) is 0 Å². The Morgan fingerprint density at radius 3 is 2.72 bits per heavy atom. The SMILES string of the molecule is O=[N+]([O-])c1cc(Cl)c(Br)nc1NC1CC(F)(F)C1. The minimum Gasteiger partial charge on any atom is -0.361 e. The van der Waals surface area contributed by atoms with E-state index in [4.69, 9.17) is 11.6 Å². The van der Waals surface area contributed by atoms with Crippen LogP contribution in [0.2, 0.25) is 5.02 Å². The van der Waals surface area contributed by atoms with Crippen molar-refractivity contribution >= 4 is 39.0 Å². The minimum absolute atomic E-state index is 0.0585. The summed E-state index contributed by atoms with van der Waals surface area (Å²) >= 11 is 8.73. The maximum absolute atomic E-state index is 12.7. The van der Waals surface area contributed by atoms with Gasteiger partial charge in [0.15, 0.2) is 0 Å². The fraction of sp³-hybridized carbons (Fsp3) is 0.444. The second-order valence-corrected chi connectivity index (χ2v) is 5.15. The number of nitrogens with one attached hydrogen (secondary N) is 1. The monoisotopic (exact) mass is 341 g/mol. The second kappa shape index (κ2) is 4.58. The largest absolute Gasteiger partial charge is 0.361 e. The topological polar surface area (TPSA) is 68.1 Å². The van der Waals surface area contributed by atoms with E-state index >= 15 is 0 Å². The molecule has 2 rings (SSSR count). The molecule has 0 saturated heterocycles. The summed E-state index contributed by atoms with van der Waals surface area (Å²) in [5.74, 6) is -2.76. The van der Waals surface area contributed by atoms with Gasteiger partial charge in [0.05, 0.1) is 9.95 Å². The highest BCUT2D eigenvalue weighted by Gasteiger charge is 2.46. The van der Waals surface area contributed by atoms with Gasteiger partial charge in [-0.3, -0.25) is 10.1 Å². The quantitative estimate of drug-likeness (QED) is 0.517. The van der Waals surface area contributed by atoms with E-state index in [1.807, 2.05) is 0 Å². The first-order valence-electron chi connectivity index (χ1n) is 4.93. The summed E-state index contributed by atoms with van der Waals surface area (Å²) in [5, 5.41) is 13.5. The van der Waals surface area contributed by atoms with Gasteiger partial charge in [0.2, 0.25) is 5.82 Å². The van der Waals surface area contributed by atoms with E-state index in [-0.39, 0.29) is 34.0 Å². The summed E-state index contributed by atoms with van der Waals surface area (Å²) in [4.78, 5) is 14.0. The van der Waals surface area contributed by atoms with Gasteiger partial charge in [-0.2, -0.15) is 0 Å². The fourth-order valence-corrected chi connectivity index (χ4v) is 2.10. The number of halogens is 4. The van der Waals surface area contributed by atoms with Gasteiger partial charge in [-0.15, -0.1) is 0 Å². The Balaban J connectivity index is 2.22. The number of nitro groups is 1. The van der Waals surface area contributed by atoms with Crippen LogP contribution in [0.4, 0.5) is 20.3 Å². The summed E-state index contributed by atoms with van der Waals surface area (Å²) < 4.78 is 25.6. The average molecular weight is 343 g/mol. The van der Waals surface area contributed by atoms with Gasteiger partial charge in [-0.25, -0.2) is 13.8 Å². The van der Waals surface area contributed by atoms with Crippen molar-refractivity contribution in [3.8, 4) is 0 Å². The molecule has 0 amide bonds. The van der Waals surface area contributed by atoms with Crippen LogP contribution in [0.3, 0.4) is 0 Å². The van der Waals surface area contributed by atoms with Gasteiger partial charge in [0.25, 0.3) is 5.92 Å². The minimum atomic E-state index is -2.70. The van der Waals surface area contributed by atoms with Crippen LogP contribution in [-0.2, 0) is 0 Å². The Labute approximate surface area is 114 Å². The molecule has 0 bridgehead atoms. The zero-order valence-corrected chi connectivity index (χ0v) is 11.1. The maximum Gasteiger partial charge on any atom is 0.312 e. The third-order valence-corrected chi connectivity index (χ3v) is 3.66. The van der Waals surface area contributed by atoms with Crippen molar-refractivity contribution in [2.45, 2.75) is 24.8 Å². The number of nitrogens with zero attached hydrogens (tertiary/aromatic N) is 2. The molecule has 1 aliphatic carbocycles. The van der Waals surface area contributed by atoms with E-state index in [0.29, 0.717) is 0 Å². The summed E-state index contributed by atoms with van der Waals surface area (Å²) in [6, 6.07) is 0.608. The lowest BCUT2D eigenvalue weighted by Gasteiger charge is -2.35. The molecule has 0 aliphatic heterocycles. The normalized spacial score (nSPS) is 18.2. The first kappa shape index (κ1) is 13.4. The van der Waals surface area contributed by atoms with Crippen LogP contribution in [0, 0.1) is 10.1 Å². The van der Waals surface area contributed by atoms with Gasteiger partial charge in [-0.05, 0) is 15.9 Å². The summed E-state index contributed by atoms with van der Waals surface area (Å²) in [6.07, 6.45) is -0.710. The number of pyridine rings is 1. The van der Waals surface area contributed by atoms with Crippen molar-refractivity contribution in [2.75, 3.05) is 5.32 Å². The molecule has 1 fully saturated rings. The maximum atomic E-state index is 12.7. The van der Waals surface area contributed by atoms with E-state index in [2.05, 4.69) is 26.2 Å². The van der Waals surface area contributed by atoms with Crippen LogP contribution in [0.15, 0.2) is 10.7 Å². The lowest BCUT2D eigenvalue weighted by atomic mass is 9.88. The smallest absolute Gasteiger partial charge is 0.312 e. The van der Waals surface area contributed by atoms with Crippen LogP contribution in [-0.4, -0.2) is 21.9 Å². The predicted octanol–water partition coefficient (Wildman–Crippen LogP) is 3.62. The third-order valence-electron chi connectivity index (χ3n) is 2.54. The molecule has 9 heteroatoms. The number of hydrogen-bond acceptors (Lipinski definition) is 4. The number of anilines is 1. The van der Waals surface area contributed by atoms with E-state index in [1.54, 1.807) is 0 Å². The van der Waals surface area contributed by atoms with Crippen LogP contribution >= 0.6 is 27.5 Å². The lowest BCUT2D eigenvalue weighted by molar-refractivity contribution is -0.384. The third kappa shape index (κ3) is 2.69. The zero-order chi connectivity index (χ0) is 13.5. The number of alkyl halides is 2. The number of aromatic nitrogens is 1. The molecule has 1 saturated carbocycles. The van der Waals surface area contributed by atoms with Gasteiger partial charge in [0.1, 0.15) is 4.60 Å². The molecule has 0 radical (unpaired) electrons. The van der Waals surface area contributed by atoms with E-state index in [0.717, 1.165) is 6.07 Å². The molecule has 1 N–H and O–H groups in total.